The van der Waals surface area contributed by atoms with Gasteiger partial charge in [-0.1, -0.05) is 12.5 Å². The van der Waals surface area contributed by atoms with Crippen LogP contribution >= 0.6 is 0 Å². The van der Waals surface area contributed by atoms with Crippen LogP contribution in [0.3, 0.4) is 0 Å². The molecular weight excluding hydrogens is 502 g/mol. The zero-order chi connectivity index (χ0) is 25.7. The molecule has 1 aliphatic heterocycles. The molecule has 0 atom stereocenters. The number of amides is 1. The molecule has 12 heteroatoms. The molecule has 36 heavy (non-hydrogen) atoms. The highest BCUT2D eigenvalue weighted by Crippen LogP contribution is 2.35. The number of aromatic amines is 1. The zero-order valence-corrected chi connectivity index (χ0v) is 19.6. The van der Waals surface area contributed by atoms with Crippen molar-refractivity contribution in [2.24, 2.45) is 0 Å². The standard InChI is InChI=1S/C24H21F4N3O4S/c25-20-11-17(6-7-19(20)24(26,27)28)35-16-5-4-15-13-31(9-8-14(15)10-16)22(32)21-12-29-23(30-21)36(33,34)18-2-1-3-18/h4-7,10-12,18H,1-3,8-9,13H2,(H,29,30). The van der Waals surface area contributed by atoms with Gasteiger partial charge in [-0.25, -0.2) is 17.8 Å². The summed E-state index contributed by atoms with van der Waals surface area (Å²) in [5.41, 5.74) is 0.368. The average Bonchev–Trinajstić information content (AvgIpc) is 3.27. The number of hydrogen-bond acceptors (Lipinski definition) is 5. The number of alkyl halides is 3. The second-order valence-electron chi connectivity index (χ2n) is 8.84. The van der Waals surface area contributed by atoms with Crippen molar-refractivity contribution in [3.05, 3.63) is 70.8 Å². The zero-order valence-electron chi connectivity index (χ0n) is 18.8. The number of carbonyl (C=O) groups excluding carboxylic acids is 1. The summed E-state index contributed by atoms with van der Waals surface area (Å²) in [5, 5.41) is -0.640. The molecule has 0 radical (unpaired) electrons. The summed E-state index contributed by atoms with van der Waals surface area (Å²) >= 11 is 0. The maximum absolute atomic E-state index is 13.8. The number of aromatic nitrogens is 2. The summed E-state index contributed by atoms with van der Waals surface area (Å²) in [7, 11) is -3.57. The van der Waals surface area contributed by atoms with E-state index < -0.39 is 38.6 Å². The number of fused-ring (bicyclic) bond motifs is 1. The van der Waals surface area contributed by atoms with E-state index in [2.05, 4.69) is 9.97 Å². The van der Waals surface area contributed by atoms with E-state index >= 15 is 0 Å². The van der Waals surface area contributed by atoms with Crippen LogP contribution in [0.25, 0.3) is 0 Å². The van der Waals surface area contributed by atoms with Gasteiger partial charge >= 0.3 is 6.18 Å². The molecule has 190 valence electrons. The van der Waals surface area contributed by atoms with Crippen molar-refractivity contribution in [3.8, 4) is 11.5 Å². The highest BCUT2D eigenvalue weighted by Gasteiger charge is 2.36. The first-order valence-electron chi connectivity index (χ1n) is 11.3. The van der Waals surface area contributed by atoms with Crippen molar-refractivity contribution in [3.63, 3.8) is 0 Å². The fourth-order valence-electron chi connectivity index (χ4n) is 4.25. The average molecular weight is 524 g/mol. The minimum atomic E-state index is -4.79. The van der Waals surface area contributed by atoms with E-state index in [1.54, 1.807) is 23.1 Å². The minimum Gasteiger partial charge on any atom is -0.457 e. The number of sulfone groups is 1. The molecule has 0 spiro atoms. The van der Waals surface area contributed by atoms with Crippen molar-refractivity contribution in [2.45, 2.75) is 48.8 Å². The summed E-state index contributed by atoms with van der Waals surface area (Å²) in [5.74, 6) is -1.56. The van der Waals surface area contributed by atoms with Crippen molar-refractivity contribution < 1.29 is 35.5 Å². The van der Waals surface area contributed by atoms with Crippen molar-refractivity contribution >= 4 is 15.7 Å². The van der Waals surface area contributed by atoms with Crippen molar-refractivity contribution in [1.29, 1.82) is 0 Å². The molecule has 1 saturated carbocycles. The molecule has 7 nitrogen and oxygen atoms in total. The molecule has 1 N–H and O–H groups in total. The van der Waals surface area contributed by atoms with Gasteiger partial charge < -0.3 is 14.6 Å². The first-order chi connectivity index (χ1) is 17.0. The highest BCUT2D eigenvalue weighted by molar-refractivity contribution is 7.91. The second kappa shape index (κ2) is 8.91. The highest BCUT2D eigenvalue weighted by atomic mass is 32.2. The van der Waals surface area contributed by atoms with Gasteiger partial charge in [0, 0.05) is 25.4 Å². The molecule has 0 unspecified atom stereocenters. The van der Waals surface area contributed by atoms with E-state index in [4.69, 9.17) is 4.74 Å². The van der Waals surface area contributed by atoms with Gasteiger partial charge in [0.1, 0.15) is 23.0 Å². The molecular formula is C24H21F4N3O4S. The Morgan fingerprint density at radius 2 is 1.81 bits per heavy atom. The lowest BCUT2D eigenvalue weighted by Gasteiger charge is -2.28. The van der Waals surface area contributed by atoms with Crippen LogP contribution in [0.15, 0.2) is 47.8 Å². The van der Waals surface area contributed by atoms with Gasteiger partial charge in [-0.05, 0) is 54.7 Å². The van der Waals surface area contributed by atoms with Crippen LogP contribution in [0.4, 0.5) is 17.6 Å². The van der Waals surface area contributed by atoms with Gasteiger partial charge in [-0.2, -0.15) is 13.2 Å². The molecule has 1 aromatic heterocycles. The second-order valence-corrected chi connectivity index (χ2v) is 11.0. The first-order valence-corrected chi connectivity index (χ1v) is 12.8. The molecule has 2 heterocycles. The van der Waals surface area contributed by atoms with Gasteiger partial charge in [0.25, 0.3) is 5.91 Å². The predicted octanol–water partition coefficient (Wildman–Crippen LogP) is 4.88. The lowest BCUT2D eigenvalue weighted by atomic mass is 9.99. The van der Waals surface area contributed by atoms with E-state index in [-0.39, 0.29) is 23.1 Å². The van der Waals surface area contributed by atoms with Crippen LogP contribution in [0.1, 0.15) is 46.4 Å². The Morgan fingerprint density at radius 3 is 2.47 bits per heavy atom. The monoisotopic (exact) mass is 523 g/mol. The number of halogens is 4. The molecule has 5 rings (SSSR count). The van der Waals surface area contributed by atoms with Gasteiger partial charge in [0.2, 0.25) is 15.0 Å². The van der Waals surface area contributed by atoms with Crippen LogP contribution in [0, 0.1) is 5.82 Å². The first kappa shape index (κ1) is 24.3. The Morgan fingerprint density at radius 1 is 1.08 bits per heavy atom. The van der Waals surface area contributed by atoms with E-state index in [0.717, 1.165) is 23.6 Å². The van der Waals surface area contributed by atoms with E-state index in [1.807, 2.05) is 0 Å². The number of hydrogen-bond donors (Lipinski definition) is 1. The Bertz CT molecular complexity index is 1430. The summed E-state index contributed by atoms with van der Waals surface area (Å²) < 4.78 is 82.7. The third kappa shape index (κ3) is 4.57. The minimum absolute atomic E-state index is 0.0284. The van der Waals surface area contributed by atoms with Crippen molar-refractivity contribution in [2.75, 3.05) is 6.54 Å². The quantitative estimate of drug-likeness (QED) is 0.481. The van der Waals surface area contributed by atoms with Crippen LogP contribution in [-0.2, 0) is 29.0 Å². The third-order valence-corrected chi connectivity index (χ3v) is 8.59. The van der Waals surface area contributed by atoms with Crippen molar-refractivity contribution in [1.82, 2.24) is 14.9 Å². The predicted molar refractivity (Wildman–Crippen MR) is 120 cm³/mol. The smallest absolute Gasteiger partial charge is 0.419 e. The molecule has 1 amide bonds. The van der Waals surface area contributed by atoms with E-state index in [0.29, 0.717) is 43.7 Å². The molecule has 0 bridgehead atoms. The van der Waals surface area contributed by atoms with E-state index in [1.165, 1.54) is 6.20 Å². The van der Waals surface area contributed by atoms with Gasteiger partial charge in [-0.15, -0.1) is 0 Å². The number of ether oxygens (including phenoxy) is 1. The third-order valence-electron chi connectivity index (χ3n) is 6.49. The number of nitrogens with zero attached hydrogens (tertiary/aromatic N) is 2. The molecule has 2 aromatic carbocycles. The SMILES string of the molecule is O=C(c1c[nH]c(S(=O)(=O)C2CCC2)n1)N1CCc2cc(Oc3ccc(C(F)(F)F)c(F)c3)ccc2C1. The van der Waals surface area contributed by atoms with Gasteiger partial charge in [0.15, 0.2) is 0 Å². The Kier molecular flexibility index (Phi) is 6.01. The maximum atomic E-state index is 13.8. The lowest BCUT2D eigenvalue weighted by Crippen LogP contribution is -2.36. The summed E-state index contributed by atoms with van der Waals surface area (Å²) in [6, 6.07) is 7.37. The molecule has 2 aliphatic rings. The fraction of sp³-hybridized carbons (Fsp3) is 0.333. The van der Waals surface area contributed by atoms with Crippen LogP contribution in [-0.4, -0.2) is 41.0 Å². The summed E-state index contributed by atoms with van der Waals surface area (Å²) in [6.07, 6.45) is -0.970. The molecule has 1 fully saturated rings. The number of carbonyl (C=O) groups is 1. The van der Waals surface area contributed by atoms with Crippen LogP contribution < -0.4 is 4.74 Å². The molecule has 3 aromatic rings. The van der Waals surface area contributed by atoms with Gasteiger partial charge in [-0.3, -0.25) is 4.79 Å². The largest absolute Gasteiger partial charge is 0.457 e. The summed E-state index contributed by atoms with van der Waals surface area (Å²) in [4.78, 5) is 21.2. The normalized spacial score (nSPS) is 16.4. The Labute approximate surface area is 204 Å². The topological polar surface area (TPSA) is 92.4 Å². The fourth-order valence-corrected chi connectivity index (χ4v) is 5.97. The number of H-pyrrole nitrogens is 1. The maximum Gasteiger partial charge on any atom is 0.419 e. The van der Waals surface area contributed by atoms with Gasteiger partial charge in [0.05, 0.1) is 10.8 Å². The van der Waals surface area contributed by atoms with Crippen LogP contribution in [0.5, 0.6) is 11.5 Å². The molecule has 1 aliphatic carbocycles. The summed E-state index contributed by atoms with van der Waals surface area (Å²) in [6.45, 7) is 0.614. The Hall–Kier alpha value is -3.41. The van der Waals surface area contributed by atoms with E-state index in [9.17, 15) is 30.8 Å². The number of imidazole rings is 1. The number of benzene rings is 2. The molecule has 0 saturated heterocycles. The number of nitrogens with one attached hydrogen (secondary N) is 1. The number of rotatable bonds is 5. The van der Waals surface area contributed by atoms with Crippen LogP contribution in [0.2, 0.25) is 0 Å². The Balaban J connectivity index is 1.27. The lowest BCUT2D eigenvalue weighted by molar-refractivity contribution is -0.140.